The molecule has 11 nitrogen and oxygen atoms in total. The Hall–Kier alpha value is -4.38. The van der Waals surface area contributed by atoms with E-state index < -0.39 is 69.5 Å². The van der Waals surface area contributed by atoms with Gasteiger partial charge >= 0.3 is 0 Å². The number of hydrogen-bond acceptors (Lipinski definition) is 11. The molecular formula is C55H68O11Si. The van der Waals surface area contributed by atoms with Crippen LogP contribution in [0.4, 0.5) is 0 Å². The molecule has 2 saturated heterocycles. The quantitative estimate of drug-likeness (QED) is 0.0423. The summed E-state index contributed by atoms with van der Waals surface area (Å²) >= 11 is 0. The van der Waals surface area contributed by atoms with E-state index in [1.807, 2.05) is 152 Å². The van der Waals surface area contributed by atoms with Crippen molar-refractivity contribution in [1.29, 1.82) is 0 Å². The fourth-order valence-corrected chi connectivity index (χ4v) is 8.76. The van der Waals surface area contributed by atoms with E-state index >= 15 is 0 Å². The van der Waals surface area contributed by atoms with Crippen molar-refractivity contribution in [2.45, 2.75) is 120 Å². The molecule has 2 aliphatic heterocycles. The lowest BCUT2D eigenvalue weighted by atomic mass is 9.96. The Morgan fingerprint density at radius 3 is 1.33 bits per heavy atom. The highest BCUT2D eigenvalue weighted by atomic mass is 28.3. The molecule has 0 aromatic heterocycles. The molecular weight excluding hydrogens is 865 g/mol. The van der Waals surface area contributed by atoms with Crippen LogP contribution >= 0.6 is 0 Å². The molecule has 2 aliphatic rings. The second-order valence-corrected chi connectivity index (χ2v) is 23.9. The molecule has 1 N–H and O–H groups in total. The number of ether oxygens (including phenoxy) is 10. The topological polar surface area (TPSA) is 113 Å². The van der Waals surface area contributed by atoms with Crippen molar-refractivity contribution in [3.8, 4) is 0 Å². The number of rotatable bonds is 26. The van der Waals surface area contributed by atoms with Crippen LogP contribution in [0.3, 0.4) is 0 Å². The average molecular weight is 933 g/mol. The first-order chi connectivity index (χ1) is 32.7. The number of hydrogen-bond donors (Lipinski definition) is 1. The minimum Gasteiger partial charge on any atom is -0.387 e. The zero-order valence-electron chi connectivity index (χ0n) is 39.1. The molecule has 5 aromatic rings. The van der Waals surface area contributed by atoms with Crippen LogP contribution in [0.1, 0.15) is 27.8 Å². The van der Waals surface area contributed by atoms with Gasteiger partial charge in [-0.05, 0) is 33.9 Å². The van der Waals surface area contributed by atoms with Crippen molar-refractivity contribution in [2.24, 2.45) is 0 Å². The van der Waals surface area contributed by atoms with Gasteiger partial charge in [0.1, 0.15) is 48.8 Å². The Morgan fingerprint density at radius 1 is 0.478 bits per heavy atom. The first kappa shape index (κ1) is 50.5. The molecule has 67 heavy (non-hydrogen) atoms. The van der Waals surface area contributed by atoms with E-state index in [0.717, 1.165) is 33.9 Å². The zero-order chi connectivity index (χ0) is 46.7. The highest BCUT2D eigenvalue weighted by Crippen LogP contribution is 2.36. The lowest BCUT2D eigenvalue weighted by Crippen LogP contribution is -2.66. The van der Waals surface area contributed by atoms with Gasteiger partial charge in [-0.3, -0.25) is 0 Å². The molecule has 5 aromatic carbocycles. The molecule has 0 spiro atoms. The number of aliphatic hydroxyl groups is 1. The van der Waals surface area contributed by atoms with E-state index in [1.165, 1.54) is 0 Å². The van der Waals surface area contributed by atoms with Crippen LogP contribution in [-0.2, 0) is 80.4 Å². The van der Waals surface area contributed by atoms with Crippen molar-refractivity contribution >= 4 is 8.07 Å². The van der Waals surface area contributed by atoms with Gasteiger partial charge in [0.25, 0.3) is 0 Å². The van der Waals surface area contributed by atoms with E-state index in [1.54, 1.807) is 6.08 Å². The zero-order valence-corrected chi connectivity index (χ0v) is 40.1. The largest absolute Gasteiger partial charge is 0.387 e. The van der Waals surface area contributed by atoms with Crippen molar-refractivity contribution < 1.29 is 52.5 Å². The van der Waals surface area contributed by atoms with Gasteiger partial charge in [0, 0.05) is 14.7 Å². The summed E-state index contributed by atoms with van der Waals surface area (Å²) in [6.45, 7) is 13.0. The Bertz CT molecular complexity index is 2110. The summed E-state index contributed by atoms with van der Waals surface area (Å²) in [6.07, 6.45) is -7.37. The van der Waals surface area contributed by atoms with E-state index in [-0.39, 0.29) is 39.6 Å². The molecule has 7 rings (SSSR count). The third-order valence-corrected chi connectivity index (χ3v) is 13.4. The summed E-state index contributed by atoms with van der Waals surface area (Å²) in [5.74, 6) is 0. The fourth-order valence-electron chi connectivity index (χ4n) is 8.03. The second kappa shape index (κ2) is 26.4. The standard InChI is InChI=1S/C55H68O11Si/c1-5-31-59-50-48(56)46(39-57-34-41-21-11-6-12-22-41)64-55(52(50)62-37-44-27-17-9-18-28-44)66-49-47(40-58-35-42-23-13-7-14-24-42)65-54(60-32-33-67(2,3)4)53(63-38-45-29-19-10-20-30-45)51(49)61-36-43-25-15-8-16-26-43/h5-30,46-56H,1,31-40H2,2-4H3/t46-,47-,48+,49-,50+,51+,52-,53-,54-,55+/m1/s1. The molecule has 0 aliphatic carbocycles. The van der Waals surface area contributed by atoms with Gasteiger partial charge in [0.05, 0.1) is 52.9 Å². The average Bonchev–Trinajstić information content (AvgIpc) is 3.35. The molecule has 0 radical (unpaired) electrons. The van der Waals surface area contributed by atoms with Crippen LogP contribution in [0.5, 0.6) is 0 Å². The predicted molar refractivity (Wildman–Crippen MR) is 259 cm³/mol. The molecule has 2 heterocycles. The first-order valence-electron chi connectivity index (χ1n) is 23.4. The predicted octanol–water partition coefficient (Wildman–Crippen LogP) is 9.30. The van der Waals surface area contributed by atoms with Gasteiger partial charge in [-0.1, -0.05) is 177 Å². The smallest absolute Gasteiger partial charge is 0.187 e. The van der Waals surface area contributed by atoms with Crippen LogP contribution in [0, 0.1) is 0 Å². The Labute approximate surface area is 397 Å². The van der Waals surface area contributed by atoms with E-state index in [4.69, 9.17) is 47.4 Å². The normalized spacial score (nSPS) is 25.4. The van der Waals surface area contributed by atoms with Crippen LogP contribution in [0.25, 0.3) is 0 Å². The van der Waals surface area contributed by atoms with Gasteiger partial charge in [-0.2, -0.15) is 0 Å². The lowest BCUT2D eigenvalue weighted by molar-refractivity contribution is -0.374. The van der Waals surface area contributed by atoms with E-state index in [9.17, 15) is 5.11 Å². The van der Waals surface area contributed by atoms with Gasteiger partial charge < -0.3 is 52.5 Å². The Kier molecular flexibility index (Phi) is 19.9. The minimum atomic E-state index is -1.51. The third kappa shape index (κ3) is 15.8. The molecule has 358 valence electrons. The van der Waals surface area contributed by atoms with Gasteiger partial charge in [0.2, 0.25) is 0 Å². The maximum absolute atomic E-state index is 12.1. The summed E-state index contributed by atoms with van der Waals surface area (Å²) in [7, 11) is -1.51. The van der Waals surface area contributed by atoms with Crippen LogP contribution in [-0.4, -0.2) is 101 Å². The summed E-state index contributed by atoms with van der Waals surface area (Å²) in [6, 6.07) is 50.6. The highest BCUT2D eigenvalue weighted by Gasteiger charge is 2.54. The summed E-state index contributed by atoms with van der Waals surface area (Å²) < 4.78 is 67.6. The second-order valence-electron chi connectivity index (χ2n) is 18.2. The lowest BCUT2D eigenvalue weighted by Gasteiger charge is -2.49. The van der Waals surface area contributed by atoms with E-state index in [2.05, 4.69) is 26.2 Å². The third-order valence-electron chi connectivity index (χ3n) is 11.7. The Balaban J connectivity index is 1.26. The SMILES string of the molecule is C=CCO[C@H]1[C@@H](O)[C@@H](COCc2ccccc2)O[C@@H](O[C@H]2[C@H](OCc3ccccc3)[C@@H](OCc3ccccc3)[C@H](OCC[Si](C)(C)C)O[C@@H]2COCc2ccccc2)[C@@H]1OCc1ccccc1. The summed E-state index contributed by atoms with van der Waals surface area (Å²) in [5.41, 5.74) is 4.88. The molecule has 0 saturated carbocycles. The van der Waals surface area contributed by atoms with Crippen molar-refractivity contribution in [3.63, 3.8) is 0 Å². The maximum atomic E-state index is 12.1. The molecule has 0 unspecified atom stereocenters. The number of aliphatic hydroxyl groups excluding tert-OH is 1. The highest BCUT2D eigenvalue weighted by molar-refractivity contribution is 6.76. The van der Waals surface area contributed by atoms with Crippen LogP contribution in [0.2, 0.25) is 25.7 Å². The van der Waals surface area contributed by atoms with Gasteiger partial charge in [0.15, 0.2) is 12.6 Å². The fraction of sp³-hybridized carbons (Fsp3) is 0.418. The maximum Gasteiger partial charge on any atom is 0.187 e. The number of benzene rings is 5. The Morgan fingerprint density at radius 2 is 0.881 bits per heavy atom. The molecule has 0 bridgehead atoms. The first-order valence-corrected chi connectivity index (χ1v) is 27.1. The van der Waals surface area contributed by atoms with Crippen LogP contribution in [0.15, 0.2) is 164 Å². The van der Waals surface area contributed by atoms with E-state index in [0.29, 0.717) is 19.8 Å². The molecule has 0 amide bonds. The van der Waals surface area contributed by atoms with Crippen molar-refractivity contribution in [2.75, 3.05) is 26.4 Å². The molecule has 2 fully saturated rings. The van der Waals surface area contributed by atoms with Gasteiger partial charge in [-0.15, -0.1) is 6.58 Å². The molecule has 12 heteroatoms. The van der Waals surface area contributed by atoms with Crippen LogP contribution < -0.4 is 0 Å². The molecule has 10 atom stereocenters. The summed E-state index contributed by atoms with van der Waals surface area (Å²) in [5, 5.41) is 12.1. The van der Waals surface area contributed by atoms with Crippen molar-refractivity contribution in [3.05, 3.63) is 192 Å². The van der Waals surface area contributed by atoms with Gasteiger partial charge in [-0.25, -0.2) is 0 Å². The monoisotopic (exact) mass is 932 g/mol. The minimum absolute atomic E-state index is 0.0454. The summed E-state index contributed by atoms with van der Waals surface area (Å²) in [4.78, 5) is 0. The van der Waals surface area contributed by atoms with Crippen molar-refractivity contribution in [1.82, 2.24) is 0 Å².